The molecule has 3 aromatic heterocycles. The van der Waals surface area contributed by atoms with Gasteiger partial charge in [-0.2, -0.15) is 0 Å². The number of aromatic nitrogens is 4. The normalized spacial score (nSPS) is 10.9. The Hall–Kier alpha value is -3.05. The molecule has 0 aliphatic rings. The number of nitrogens with two attached hydrogens (primary N) is 1. The summed E-state index contributed by atoms with van der Waals surface area (Å²) >= 11 is 5.99. The highest BCUT2D eigenvalue weighted by Crippen LogP contribution is 2.24. The maximum Gasteiger partial charge on any atom is 0.220 e. The van der Waals surface area contributed by atoms with Gasteiger partial charge in [0.15, 0.2) is 0 Å². The van der Waals surface area contributed by atoms with Crippen LogP contribution in [0.25, 0.3) is 22.3 Å². The molecule has 25 heavy (non-hydrogen) atoms. The Morgan fingerprint density at radius 3 is 2.56 bits per heavy atom. The molecular formula is C19H14ClN5. The van der Waals surface area contributed by atoms with Crippen LogP contribution in [0.2, 0.25) is 5.15 Å². The van der Waals surface area contributed by atoms with E-state index in [9.17, 15) is 0 Å². The molecule has 4 rings (SSSR count). The molecule has 0 saturated carbocycles. The van der Waals surface area contributed by atoms with Crippen LogP contribution in [0.3, 0.4) is 0 Å². The van der Waals surface area contributed by atoms with Gasteiger partial charge in [-0.15, -0.1) is 0 Å². The number of anilines is 1. The monoisotopic (exact) mass is 347 g/mol. The van der Waals surface area contributed by atoms with Gasteiger partial charge in [0.2, 0.25) is 5.95 Å². The number of hydrogen-bond donors (Lipinski definition) is 1. The van der Waals surface area contributed by atoms with Crippen LogP contribution >= 0.6 is 11.6 Å². The minimum absolute atomic E-state index is 0.250. The van der Waals surface area contributed by atoms with Crippen molar-refractivity contribution in [1.82, 2.24) is 19.9 Å². The minimum Gasteiger partial charge on any atom is -0.368 e. The van der Waals surface area contributed by atoms with E-state index in [0.717, 1.165) is 33.5 Å². The molecule has 4 aromatic rings. The van der Waals surface area contributed by atoms with Gasteiger partial charge in [0.25, 0.3) is 0 Å². The highest BCUT2D eigenvalue weighted by atomic mass is 35.5. The average Bonchev–Trinajstić information content (AvgIpc) is 2.62. The first-order chi connectivity index (χ1) is 12.2. The predicted molar refractivity (Wildman–Crippen MR) is 99.2 cm³/mol. The maximum atomic E-state index is 5.99. The molecule has 0 aliphatic heterocycles. The molecule has 0 amide bonds. The third kappa shape index (κ3) is 3.27. The van der Waals surface area contributed by atoms with Crippen LogP contribution in [-0.2, 0) is 6.42 Å². The Bertz CT molecular complexity index is 1050. The van der Waals surface area contributed by atoms with Crippen LogP contribution in [0.5, 0.6) is 0 Å². The van der Waals surface area contributed by atoms with E-state index in [1.165, 1.54) is 0 Å². The molecule has 0 saturated heterocycles. The quantitative estimate of drug-likeness (QED) is 0.568. The number of nitrogen functional groups attached to an aromatic ring is 1. The van der Waals surface area contributed by atoms with Crippen molar-refractivity contribution in [1.29, 1.82) is 0 Å². The molecule has 122 valence electrons. The number of hydrogen-bond acceptors (Lipinski definition) is 5. The fraction of sp³-hybridized carbons (Fsp3) is 0.0526. The Morgan fingerprint density at radius 1 is 0.920 bits per heavy atom. The molecule has 3 heterocycles. The molecule has 0 unspecified atom stereocenters. The van der Waals surface area contributed by atoms with E-state index in [0.29, 0.717) is 11.6 Å². The lowest BCUT2D eigenvalue weighted by Gasteiger charge is -2.08. The van der Waals surface area contributed by atoms with Crippen LogP contribution in [0.15, 0.2) is 60.8 Å². The number of benzene rings is 1. The van der Waals surface area contributed by atoms with Crippen LogP contribution in [0.4, 0.5) is 5.95 Å². The van der Waals surface area contributed by atoms with Crippen molar-refractivity contribution in [3.8, 4) is 11.3 Å². The Morgan fingerprint density at radius 2 is 1.76 bits per heavy atom. The van der Waals surface area contributed by atoms with Crippen molar-refractivity contribution in [3.05, 3.63) is 77.2 Å². The Balaban J connectivity index is 1.85. The molecule has 0 atom stereocenters. The van der Waals surface area contributed by atoms with Crippen molar-refractivity contribution < 1.29 is 0 Å². The second-order valence-electron chi connectivity index (χ2n) is 5.62. The summed E-state index contributed by atoms with van der Waals surface area (Å²) in [6.45, 7) is 0. The third-order valence-electron chi connectivity index (χ3n) is 3.87. The van der Waals surface area contributed by atoms with Crippen molar-refractivity contribution in [2.75, 3.05) is 5.73 Å². The Labute approximate surface area is 149 Å². The number of nitrogens with zero attached hydrogens (tertiary/aromatic N) is 4. The fourth-order valence-corrected chi connectivity index (χ4v) is 2.90. The third-order valence-corrected chi connectivity index (χ3v) is 4.08. The summed E-state index contributed by atoms with van der Waals surface area (Å²) in [5.74, 6) is 0.250. The van der Waals surface area contributed by atoms with Crippen LogP contribution in [0, 0.1) is 0 Å². The second kappa shape index (κ2) is 6.45. The maximum absolute atomic E-state index is 5.99. The average molecular weight is 348 g/mol. The molecule has 0 spiro atoms. The molecule has 5 nitrogen and oxygen atoms in total. The molecule has 0 bridgehead atoms. The van der Waals surface area contributed by atoms with Crippen molar-refractivity contribution in [2.24, 2.45) is 0 Å². The van der Waals surface area contributed by atoms with Gasteiger partial charge in [0.05, 0.1) is 16.9 Å². The summed E-state index contributed by atoms with van der Waals surface area (Å²) in [7, 11) is 0. The molecule has 2 N–H and O–H groups in total. The van der Waals surface area contributed by atoms with Crippen LogP contribution in [-0.4, -0.2) is 19.9 Å². The molecule has 0 fully saturated rings. The molecule has 1 aromatic carbocycles. The van der Waals surface area contributed by atoms with Gasteiger partial charge in [-0.05, 0) is 29.8 Å². The minimum atomic E-state index is 0.250. The predicted octanol–water partition coefficient (Wildman–Crippen LogP) is 3.91. The summed E-state index contributed by atoms with van der Waals surface area (Å²) in [5, 5.41) is 0.428. The molecular weight excluding hydrogens is 334 g/mol. The fourth-order valence-electron chi connectivity index (χ4n) is 2.73. The Kier molecular flexibility index (Phi) is 3.99. The zero-order valence-corrected chi connectivity index (χ0v) is 14.0. The number of fused-ring (bicyclic) bond motifs is 1. The van der Waals surface area contributed by atoms with Gasteiger partial charge in [-0.25, -0.2) is 19.9 Å². The summed E-state index contributed by atoms with van der Waals surface area (Å²) in [5.41, 5.74) is 11.0. The van der Waals surface area contributed by atoms with Crippen molar-refractivity contribution >= 4 is 28.6 Å². The zero-order chi connectivity index (χ0) is 17.2. The summed E-state index contributed by atoms with van der Waals surface area (Å²) in [6, 6.07) is 17.5. The second-order valence-corrected chi connectivity index (χ2v) is 6.01. The van der Waals surface area contributed by atoms with E-state index in [2.05, 4.69) is 27.1 Å². The summed E-state index contributed by atoms with van der Waals surface area (Å²) < 4.78 is 0. The highest BCUT2D eigenvalue weighted by molar-refractivity contribution is 6.29. The zero-order valence-electron chi connectivity index (χ0n) is 13.2. The van der Waals surface area contributed by atoms with E-state index in [1.807, 2.05) is 36.4 Å². The molecule has 0 radical (unpaired) electrons. The lowest BCUT2D eigenvalue weighted by atomic mass is 10.1. The lowest BCUT2D eigenvalue weighted by Crippen LogP contribution is -2.03. The van der Waals surface area contributed by atoms with E-state index in [-0.39, 0.29) is 5.95 Å². The van der Waals surface area contributed by atoms with E-state index in [1.54, 1.807) is 12.3 Å². The van der Waals surface area contributed by atoms with Crippen molar-refractivity contribution in [3.63, 3.8) is 0 Å². The van der Waals surface area contributed by atoms with Crippen LogP contribution < -0.4 is 5.73 Å². The van der Waals surface area contributed by atoms with Crippen molar-refractivity contribution in [2.45, 2.75) is 6.42 Å². The lowest BCUT2D eigenvalue weighted by molar-refractivity contribution is 1.06. The van der Waals surface area contributed by atoms with Gasteiger partial charge in [0.1, 0.15) is 10.7 Å². The number of rotatable bonds is 3. The topological polar surface area (TPSA) is 77.6 Å². The standard InChI is InChI=1S/C19H14ClN5/c20-17-11-13(8-9-22-17)14-6-7-15-18(23-14)16(25-19(21)24-15)10-12-4-2-1-3-5-12/h1-9,11H,10H2,(H2,21,24,25). The highest BCUT2D eigenvalue weighted by Gasteiger charge is 2.11. The van der Waals surface area contributed by atoms with E-state index in [4.69, 9.17) is 22.3 Å². The van der Waals surface area contributed by atoms with E-state index >= 15 is 0 Å². The smallest absolute Gasteiger partial charge is 0.220 e. The first-order valence-electron chi connectivity index (χ1n) is 7.78. The SMILES string of the molecule is Nc1nc(Cc2ccccc2)c2nc(-c3ccnc(Cl)c3)ccc2n1. The first kappa shape index (κ1) is 15.5. The first-order valence-corrected chi connectivity index (χ1v) is 8.16. The van der Waals surface area contributed by atoms with E-state index < -0.39 is 0 Å². The number of halogens is 1. The molecule has 6 heteroatoms. The summed E-state index contributed by atoms with van der Waals surface area (Å²) in [4.78, 5) is 17.5. The van der Waals surface area contributed by atoms with Crippen LogP contribution in [0.1, 0.15) is 11.3 Å². The van der Waals surface area contributed by atoms with Gasteiger partial charge in [-0.3, -0.25) is 0 Å². The summed E-state index contributed by atoms with van der Waals surface area (Å²) in [6.07, 6.45) is 2.30. The van der Waals surface area contributed by atoms with Gasteiger partial charge < -0.3 is 5.73 Å². The largest absolute Gasteiger partial charge is 0.368 e. The molecule has 0 aliphatic carbocycles. The number of pyridine rings is 2. The van der Waals surface area contributed by atoms with Gasteiger partial charge in [0, 0.05) is 18.2 Å². The van der Waals surface area contributed by atoms with Gasteiger partial charge in [-0.1, -0.05) is 41.9 Å². The van der Waals surface area contributed by atoms with Gasteiger partial charge >= 0.3 is 0 Å².